The molecule has 1 rings (SSSR count). The molecule has 0 aromatic rings. The normalized spacial score (nSPS) is 17.1. The molecule has 0 aliphatic heterocycles. The average Bonchev–Trinajstić information content (AvgIpc) is 2.99. The summed E-state index contributed by atoms with van der Waals surface area (Å²) < 4.78 is 0. The van der Waals surface area contributed by atoms with Crippen LogP contribution in [0.15, 0.2) is 11.6 Å². The van der Waals surface area contributed by atoms with Gasteiger partial charge in [-0.1, -0.05) is 116 Å². The topological polar surface area (TPSA) is 17.1 Å². The molecular weight excluding hydrogens is 316 g/mol. The molecule has 0 N–H and O–H groups in total. The Labute approximate surface area is 164 Å². The lowest BCUT2D eigenvalue weighted by molar-refractivity contribution is -0.117. The van der Waals surface area contributed by atoms with Gasteiger partial charge in [0.1, 0.15) is 0 Å². The van der Waals surface area contributed by atoms with Crippen LogP contribution in [0, 0.1) is 5.92 Å². The van der Waals surface area contributed by atoms with Crippen LogP contribution < -0.4 is 0 Å². The molecule has 0 spiro atoms. The minimum atomic E-state index is 0.333. The molecule has 0 aromatic heterocycles. The van der Waals surface area contributed by atoms with E-state index in [1.807, 2.05) is 6.08 Å². The second-order valence-corrected chi connectivity index (χ2v) is 8.59. The van der Waals surface area contributed by atoms with Crippen molar-refractivity contribution in [1.82, 2.24) is 0 Å². The van der Waals surface area contributed by atoms with Crippen LogP contribution >= 0.6 is 0 Å². The Kier molecular flexibility index (Phi) is 14.9. The molecule has 1 unspecified atom stereocenters. The lowest BCUT2D eigenvalue weighted by Crippen LogP contribution is -2.06. The molecule has 1 nitrogen and oxygen atoms in total. The molecule has 0 radical (unpaired) electrons. The van der Waals surface area contributed by atoms with E-state index in [0.29, 0.717) is 11.7 Å². The zero-order valence-corrected chi connectivity index (χ0v) is 18.0. The van der Waals surface area contributed by atoms with Crippen molar-refractivity contribution in [3.63, 3.8) is 0 Å². The van der Waals surface area contributed by atoms with Gasteiger partial charge in [-0.15, -0.1) is 0 Å². The summed E-state index contributed by atoms with van der Waals surface area (Å²) in [6.45, 7) is 4.55. The Bertz CT molecular complexity index is 368. The Hall–Kier alpha value is -0.590. The monoisotopic (exact) mass is 362 g/mol. The van der Waals surface area contributed by atoms with Gasteiger partial charge in [0.2, 0.25) is 0 Å². The molecule has 0 amide bonds. The van der Waals surface area contributed by atoms with Crippen molar-refractivity contribution in [2.45, 2.75) is 136 Å². The molecule has 0 saturated heterocycles. The summed E-state index contributed by atoms with van der Waals surface area (Å²) in [4.78, 5) is 12.2. The van der Waals surface area contributed by atoms with Gasteiger partial charge in [-0.05, 0) is 31.8 Å². The van der Waals surface area contributed by atoms with Gasteiger partial charge in [0.05, 0.1) is 0 Å². The predicted octanol–water partition coefficient (Wildman–Crippen LogP) is 8.56. The van der Waals surface area contributed by atoms with Gasteiger partial charge < -0.3 is 0 Å². The second kappa shape index (κ2) is 16.6. The third-order valence-electron chi connectivity index (χ3n) is 6.01. The summed E-state index contributed by atoms with van der Waals surface area (Å²) >= 11 is 0. The number of unbranched alkanes of at least 4 members (excludes halogenated alkanes) is 14. The Morgan fingerprint density at radius 2 is 1.15 bits per heavy atom. The molecule has 1 aliphatic rings. The van der Waals surface area contributed by atoms with Gasteiger partial charge in [0.25, 0.3) is 0 Å². The van der Waals surface area contributed by atoms with E-state index in [4.69, 9.17) is 0 Å². The van der Waals surface area contributed by atoms with E-state index < -0.39 is 0 Å². The number of hydrogen-bond donors (Lipinski definition) is 0. The van der Waals surface area contributed by atoms with Crippen LogP contribution in [0.2, 0.25) is 0 Å². The van der Waals surface area contributed by atoms with Gasteiger partial charge in [-0.25, -0.2) is 0 Å². The van der Waals surface area contributed by atoms with E-state index in [1.165, 1.54) is 115 Å². The molecule has 0 fully saturated rings. The maximum atomic E-state index is 12.2. The third kappa shape index (κ3) is 11.9. The summed E-state index contributed by atoms with van der Waals surface area (Å²) in [6, 6.07) is 0. The van der Waals surface area contributed by atoms with Crippen LogP contribution in [0.5, 0.6) is 0 Å². The maximum Gasteiger partial charge on any atom is 0.159 e. The fourth-order valence-corrected chi connectivity index (χ4v) is 4.22. The molecule has 1 aliphatic carbocycles. The number of rotatable bonds is 18. The Morgan fingerprint density at radius 1 is 0.692 bits per heavy atom. The molecule has 0 aromatic carbocycles. The van der Waals surface area contributed by atoms with E-state index in [0.717, 1.165) is 12.8 Å². The molecule has 0 heterocycles. The first-order chi connectivity index (χ1) is 12.8. The van der Waals surface area contributed by atoms with E-state index in [1.54, 1.807) is 0 Å². The van der Waals surface area contributed by atoms with Crippen LogP contribution in [0.1, 0.15) is 136 Å². The van der Waals surface area contributed by atoms with Crippen LogP contribution in [0.4, 0.5) is 0 Å². The fourth-order valence-electron chi connectivity index (χ4n) is 4.22. The highest BCUT2D eigenvalue weighted by Crippen LogP contribution is 2.30. The summed E-state index contributed by atoms with van der Waals surface area (Å²) in [7, 11) is 0. The van der Waals surface area contributed by atoms with Crippen molar-refractivity contribution in [2.24, 2.45) is 5.92 Å². The van der Waals surface area contributed by atoms with Gasteiger partial charge in [-0.2, -0.15) is 0 Å². The highest BCUT2D eigenvalue weighted by atomic mass is 16.1. The quantitative estimate of drug-likeness (QED) is 0.223. The largest absolute Gasteiger partial charge is 0.295 e. The first-order valence-electron chi connectivity index (χ1n) is 12.0. The molecule has 0 saturated carbocycles. The van der Waals surface area contributed by atoms with Crippen LogP contribution in [-0.4, -0.2) is 5.78 Å². The van der Waals surface area contributed by atoms with Crippen molar-refractivity contribution in [2.75, 3.05) is 0 Å². The zero-order valence-electron chi connectivity index (χ0n) is 18.0. The van der Waals surface area contributed by atoms with Crippen molar-refractivity contribution in [3.05, 3.63) is 11.6 Å². The van der Waals surface area contributed by atoms with Crippen molar-refractivity contribution >= 4 is 5.78 Å². The molecule has 152 valence electrons. The summed E-state index contributed by atoms with van der Waals surface area (Å²) in [5, 5.41) is 0. The van der Waals surface area contributed by atoms with E-state index >= 15 is 0 Å². The van der Waals surface area contributed by atoms with Crippen molar-refractivity contribution in [1.29, 1.82) is 0 Å². The standard InChI is InChI=1S/C25H46O/c1-3-5-7-9-11-13-15-17-19-23-21-24(25(26)22-23)20-18-16-14-12-10-8-6-4-2/h22,24H,3-21H2,1-2H3. The lowest BCUT2D eigenvalue weighted by Gasteiger charge is -2.09. The zero-order chi connectivity index (χ0) is 18.9. The van der Waals surface area contributed by atoms with E-state index in [9.17, 15) is 4.79 Å². The highest BCUT2D eigenvalue weighted by Gasteiger charge is 2.24. The average molecular weight is 363 g/mol. The van der Waals surface area contributed by atoms with Gasteiger partial charge >= 0.3 is 0 Å². The SMILES string of the molecule is CCCCCCCCCCC1=CC(=O)C(CCCCCCCCCC)C1. The summed E-state index contributed by atoms with van der Waals surface area (Å²) in [5.74, 6) is 0.765. The maximum absolute atomic E-state index is 12.2. The molecular formula is C25H46O. The molecule has 0 bridgehead atoms. The minimum Gasteiger partial charge on any atom is -0.295 e. The van der Waals surface area contributed by atoms with Crippen molar-refractivity contribution in [3.8, 4) is 0 Å². The molecule has 26 heavy (non-hydrogen) atoms. The lowest BCUT2D eigenvalue weighted by atomic mass is 9.95. The van der Waals surface area contributed by atoms with Crippen LogP contribution in [0.25, 0.3) is 0 Å². The molecule has 1 heteroatoms. The number of hydrogen-bond acceptors (Lipinski definition) is 1. The third-order valence-corrected chi connectivity index (χ3v) is 6.01. The number of ketones is 1. The smallest absolute Gasteiger partial charge is 0.159 e. The number of carbonyl (C=O) groups excluding carboxylic acids is 1. The number of allylic oxidation sites excluding steroid dienone is 2. The molecule has 1 atom stereocenters. The van der Waals surface area contributed by atoms with Gasteiger partial charge in [0, 0.05) is 5.92 Å². The van der Waals surface area contributed by atoms with Crippen LogP contribution in [-0.2, 0) is 4.79 Å². The first-order valence-corrected chi connectivity index (χ1v) is 12.0. The van der Waals surface area contributed by atoms with E-state index in [-0.39, 0.29) is 0 Å². The van der Waals surface area contributed by atoms with Crippen molar-refractivity contribution < 1.29 is 4.79 Å². The first kappa shape index (κ1) is 23.4. The van der Waals surface area contributed by atoms with E-state index in [2.05, 4.69) is 13.8 Å². The van der Waals surface area contributed by atoms with Crippen LogP contribution in [0.3, 0.4) is 0 Å². The second-order valence-electron chi connectivity index (χ2n) is 8.59. The summed E-state index contributed by atoms with van der Waals surface area (Å²) in [5.41, 5.74) is 1.45. The Balaban J connectivity index is 1.95. The Morgan fingerprint density at radius 3 is 1.69 bits per heavy atom. The van der Waals surface area contributed by atoms with Gasteiger partial charge in [0.15, 0.2) is 5.78 Å². The summed E-state index contributed by atoms with van der Waals surface area (Å²) in [6.07, 6.45) is 27.2. The highest BCUT2D eigenvalue weighted by molar-refractivity contribution is 5.95. The minimum absolute atomic E-state index is 0.333. The number of carbonyl (C=O) groups is 1. The van der Waals surface area contributed by atoms with Gasteiger partial charge in [-0.3, -0.25) is 4.79 Å². The predicted molar refractivity (Wildman–Crippen MR) is 116 cm³/mol. The fraction of sp³-hybridized carbons (Fsp3) is 0.880.